The number of aryl methyl sites for hydroxylation is 1. The lowest BCUT2D eigenvalue weighted by Gasteiger charge is -2.15. The molecule has 0 amide bonds. The molecule has 8 nitrogen and oxygen atoms in total. The molecule has 0 aliphatic carbocycles. The second kappa shape index (κ2) is 5.59. The van der Waals surface area contributed by atoms with Crippen LogP contribution in [0, 0.1) is 6.92 Å². The zero-order valence-electron chi connectivity index (χ0n) is 11.2. The molecule has 0 saturated carbocycles. The van der Waals surface area contributed by atoms with Gasteiger partial charge in [-0.1, -0.05) is 0 Å². The van der Waals surface area contributed by atoms with Gasteiger partial charge in [-0.3, -0.25) is 19.1 Å². The van der Waals surface area contributed by atoms with Crippen LogP contribution in [0.4, 0.5) is 0 Å². The summed E-state index contributed by atoms with van der Waals surface area (Å²) in [5.41, 5.74) is -0.699. The molecule has 2 N–H and O–H groups in total. The number of rotatable bonds is 3. The van der Waals surface area contributed by atoms with Gasteiger partial charge in [-0.15, -0.1) is 0 Å². The van der Waals surface area contributed by atoms with Crippen molar-refractivity contribution >= 4 is 5.97 Å². The van der Waals surface area contributed by atoms with Crippen molar-refractivity contribution < 1.29 is 19.4 Å². The first-order chi connectivity index (χ1) is 9.42. The van der Waals surface area contributed by atoms with Crippen LogP contribution in [0.2, 0.25) is 0 Å². The van der Waals surface area contributed by atoms with Crippen LogP contribution in [0.1, 0.15) is 25.1 Å². The van der Waals surface area contributed by atoms with E-state index in [1.807, 2.05) is 0 Å². The normalized spacial score (nSPS) is 25.6. The molecule has 2 heterocycles. The van der Waals surface area contributed by atoms with Gasteiger partial charge in [0.1, 0.15) is 18.4 Å². The van der Waals surface area contributed by atoms with E-state index >= 15 is 0 Å². The number of hydrogen-bond acceptors (Lipinski definition) is 6. The van der Waals surface area contributed by atoms with Crippen molar-refractivity contribution in [3.63, 3.8) is 0 Å². The number of hydrogen-bond donors (Lipinski definition) is 2. The molecule has 1 aromatic heterocycles. The van der Waals surface area contributed by atoms with Crippen LogP contribution in [0.5, 0.6) is 0 Å². The molecule has 1 aliphatic heterocycles. The highest BCUT2D eigenvalue weighted by atomic mass is 16.6. The largest absolute Gasteiger partial charge is 0.460 e. The number of esters is 1. The molecule has 0 spiro atoms. The first kappa shape index (κ1) is 14.5. The zero-order valence-corrected chi connectivity index (χ0v) is 11.2. The average molecular weight is 284 g/mol. The zero-order chi connectivity index (χ0) is 14.9. The Balaban J connectivity index is 2.27. The molecule has 110 valence electrons. The summed E-state index contributed by atoms with van der Waals surface area (Å²) in [4.78, 5) is 36.2. The van der Waals surface area contributed by atoms with Crippen LogP contribution in [0.25, 0.3) is 0 Å². The quantitative estimate of drug-likeness (QED) is 0.693. The summed E-state index contributed by atoms with van der Waals surface area (Å²) in [6.45, 7) is 2.50. The molecule has 20 heavy (non-hydrogen) atoms. The van der Waals surface area contributed by atoms with E-state index < -0.39 is 35.7 Å². The van der Waals surface area contributed by atoms with Gasteiger partial charge in [0.25, 0.3) is 5.56 Å². The number of carbonyl (C=O) groups excluding carboxylic acids is 1. The molecule has 0 radical (unpaired) electrons. The minimum atomic E-state index is -0.695. The standard InChI is InChI=1S/C12H16N2O6/c1-6-4-14(12(18)13-11(6)17)10-3-8(19-7(2)16)9(5-15)20-10/h4,8-10,15H,3,5H2,1-2H3,(H,13,17,18)/t8-,9+,10+/m1/s1. The molecule has 8 heteroatoms. The SMILES string of the molecule is CC(=O)O[C@@H]1C[C@@H](n2cc(C)c(=O)[nH]c2=O)O[C@H]1CO. The number of aliphatic hydroxyl groups is 1. The number of aromatic nitrogens is 2. The van der Waals surface area contributed by atoms with Gasteiger partial charge in [-0.25, -0.2) is 4.79 Å². The molecule has 1 aliphatic rings. The highest BCUT2D eigenvalue weighted by Crippen LogP contribution is 2.29. The summed E-state index contributed by atoms with van der Waals surface area (Å²) in [5.74, 6) is -0.484. The van der Waals surface area contributed by atoms with Gasteiger partial charge in [-0.2, -0.15) is 0 Å². The molecule has 2 rings (SSSR count). The maximum Gasteiger partial charge on any atom is 0.330 e. The van der Waals surface area contributed by atoms with Gasteiger partial charge in [-0.05, 0) is 6.92 Å². The molecular formula is C12H16N2O6. The molecule has 3 atom stereocenters. The van der Waals surface area contributed by atoms with Gasteiger partial charge < -0.3 is 14.6 Å². The summed E-state index contributed by atoms with van der Waals surface area (Å²) < 4.78 is 11.8. The number of H-pyrrole nitrogens is 1. The highest BCUT2D eigenvalue weighted by Gasteiger charge is 2.38. The van der Waals surface area contributed by atoms with E-state index in [1.54, 1.807) is 6.92 Å². The van der Waals surface area contributed by atoms with Gasteiger partial charge in [0.15, 0.2) is 0 Å². The Morgan fingerprint density at radius 3 is 2.90 bits per heavy atom. The van der Waals surface area contributed by atoms with Crippen LogP contribution in [-0.4, -0.2) is 39.4 Å². The lowest BCUT2D eigenvalue weighted by atomic mass is 10.2. The van der Waals surface area contributed by atoms with E-state index in [0.717, 1.165) is 0 Å². The van der Waals surface area contributed by atoms with Gasteiger partial charge in [0.2, 0.25) is 0 Å². The number of aliphatic hydroxyl groups excluding tert-OH is 1. The van der Waals surface area contributed by atoms with E-state index in [4.69, 9.17) is 9.47 Å². The summed E-state index contributed by atoms with van der Waals surface area (Å²) >= 11 is 0. The third kappa shape index (κ3) is 2.81. The van der Waals surface area contributed by atoms with Crippen LogP contribution >= 0.6 is 0 Å². The van der Waals surface area contributed by atoms with E-state index in [9.17, 15) is 19.5 Å². The van der Waals surface area contributed by atoms with Crippen molar-refractivity contribution in [2.24, 2.45) is 0 Å². The molecule has 0 unspecified atom stereocenters. The summed E-state index contributed by atoms with van der Waals surface area (Å²) in [6, 6.07) is 0. The van der Waals surface area contributed by atoms with Crippen LogP contribution in [0.3, 0.4) is 0 Å². The predicted octanol–water partition coefficient (Wildman–Crippen LogP) is -0.943. The van der Waals surface area contributed by atoms with Crippen LogP contribution in [-0.2, 0) is 14.3 Å². The maximum absolute atomic E-state index is 11.8. The first-order valence-corrected chi connectivity index (χ1v) is 6.18. The number of nitrogens with zero attached hydrogens (tertiary/aromatic N) is 1. The minimum absolute atomic E-state index is 0.232. The lowest BCUT2D eigenvalue weighted by molar-refractivity contribution is -0.150. The Bertz CT molecular complexity index is 619. The Morgan fingerprint density at radius 2 is 2.30 bits per heavy atom. The highest BCUT2D eigenvalue weighted by molar-refractivity contribution is 5.66. The Morgan fingerprint density at radius 1 is 1.60 bits per heavy atom. The van der Waals surface area contributed by atoms with Crippen molar-refractivity contribution in [1.29, 1.82) is 0 Å². The molecule has 0 aromatic carbocycles. The topological polar surface area (TPSA) is 111 Å². The van der Waals surface area contributed by atoms with Crippen LogP contribution in [0.15, 0.2) is 15.8 Å². The average Bonchev–Trinajstić information content (AvgIpc) is 2.75. The van der Waals surface area contributed by atoms with Gasteiger partial charge in [0.05, 0.1) is 6.61 Å². The van der Waals surface area contributed by atoms with E-state index in [-0.39, 0.29) is 13.0 Å². The molecule has 1 aromatic rings. The summed E-state index contributed by atoms with van der Waals surface area (Å²) in [5, 5.41) is 9.22. The van der Waals surface area contributed by atoms with Crippen LogP contribution < -0.4 is 11.2 Å². The number of carbonyl (C=O) groups is 1. The van der Waals surface area contributed by atoms with Crippen molar-refractivity contribution in [1.82, 2.24) is 9.55 Å². The number of nitrogens with one attached hydrogen (secondary N) is 1. The second-order valence-electron chi connectivity index (χ2n) is 4.67. The van der Waals surface area contributed by atoms with E-state index in [2.05, 4.69) is 4.98 Å². The number of ether oxygens (including phenoxy) is 2. The fourth-order valence-corrected chi connectivity index (χ4v) is 2.17. The van der Waals surface area contributed by atoms with Crippen molar-refractivity contribution in [3.8, 4) is 0 Å². The fraction of sp³-hybridized carbons (Fsp3) is 0.583. The molecule has 0 bridgehead atoms. The Hall–Kier alpha value is -1.93. The third-order valence-corrected chi connectivity index (χ3v) is 3.13. The van der Waals surface area contributed by atoms with Crippen molar-refractivity contribution in [3.05, 3.63) is 32.6 Å². The van der Waals surface area contributed by atoms with Crippen molar-refractivity contribution in [2.45, 2.75) is 38.7 Å². The Labute approximate surface area is 114 Å². The molecule has 1 saturated heterocycles. The fourth-order valence-electron chi connectivity index (χ4n) is 2.17. The summed E-state index contributed by atoms with van der Waals surface area (Å²) in [6.07, 6.45) is -0.392. The maximum atomic E-state index is 11.8. The molecular weight excluding hydrogens is 268 g/mol. The predicted molar refractivity (Wildman–Crippen MR) is 67.2 cm³/mol. The summed E-state index contributed by atoms with van der Waals surface area (Å²) in [7, 11) is 0. The van der Waals surface area contributed by atoms with Crippen molar-refractivity contribution in [2.75, 3.05) is 6.61 Å². The Kier molecular flexibility index (Phi) is 4.05. The van der Waals surface area contributed by atoms with Gasteiger partial charge >= 0.3 is 11.7 Å². The first-order valence-electron chi connectivity index (χ1n) is 6.18. The van der Waals surface area contributed by atoms with Gasteiger partial charge in [0, 0.05) is 25.1 Å². The smallest absolute Gasteiger partial charge is 0.330 e. The van der Waals surface area contributed by atoms with E-state index in [1.165, 1.54) is 17.7 Å². The third-order valence-electron chi connectivity index (χ3n) is 3.13. The minimum Gasteiger partial charge on any atom is -0.460 e. The van der Waals surface area contributed by atoms with E-state index in [0.29, 0.717) is 5.56 Å². The molecule has 1 fully saturated rings. The lowest BCUT2D eigenvalue weighted by Crippen LogP contribution is -2.33. The monoisotopic (exact) mass is 284 g/mol. The second-order valence-corrected chi connectivity index (χ2v) is 4.67. The number of aromatic amines is 1.